The highest BCUT2D eigenvalue weighted by atomic mass is 79.9. The highest BCUT2D eigenvalue weighted by Crippen LogP contribution is 2.19. The van der Waals surface area contributed by atoms with Gasteiger partial charge in [0.15, 0.2) is 0 Å². The van der Waals surface area contributed by atoms with Crippen LogP contribution in [0.15, 0.2) is 10.7 Å². The number of halogens is 1. The molecule has 1 heterocycles. The molecule has 0 aliphatic heterocycles. The average Bonchev–Trinajstić information content (AvgIpc) is 2.70. The van der Waals surface area contributed by atoms with Crippen LogP contribution in [0.2, 0.25) is 0 Å². The summed E-state index contributed by atoms with van der Waals surface area (Å²) in [6.45, 7) is 3.81. The Morgan fingerprint density at radius 1 is 1.50 bits per heavy atom. The third-order valence-electron chi connectivity index (χ3n) is 3.58. The van der Waals surface area contributed by atoms with Gasteiger partial charge in [-0.1, -0.05) is 19.3 Å². The number of nitrogens with one attached hydrogen (secondary N) is 1. The first-order valence-corrected chi connectivity index (χ1v) is 7.39. The van der Waals surface area contributed by atoms with E-state index in [9.17, 15) is 4.79 Å². The van der Waals surface area contributed by atoms with Gasteiger partial charge in [0, 0.05) is 12.2 Å². The lowest BCUT2D eigenvalue weighted by Gasteiger charge is -2.24. The minimum absolute atomic E-state index is 0.0666. The second-order valence-corrected chi connectivity index (χ2v) is 5.92. The molecule has 0 bridgehead atoms. The number of hydrogen-bond acceptors (Lipinski definition) is 2. The average molecular weight is 314 g/mol. The Morgan fingerprint density at radius 3 is 2.72 bits per heavy atom. The molecule has 1 aromatic rings. The fraction of sp³-hybridized carbons (Fsp3) is 0.692. The standard InChI is InChI=1S/C13H20BrN3O/c1-9-12(14)8-17(16-9)10(2)13(18)15-11-6-4-3-5-7-11/h8,10-11H,3-7H2,1-2H3,(H,15,18). The summed E-state index contributed by atoms with van der Waals surface area (Å²) in [4.78, 5) is 12.1. The molecule has 1 saturated carbocycles. The maximum Gasteiger partial charge on any atom is 0.244 e. The van der Waals surface area contributed by atoms with E-state index in [1.165, 1.54) is 19.3 Å². The molecular weight excluding hydrogens is 294 g/mol. The predicted octanol–water partition coefficient (Wildman–Crippen LogP) is 2.96. The molecule has 0 radical (unpaired) electrons. The Kier molecular flexibility index (Phi) is 4.43. The Balaban J connectivity index is 1.95. The van der Waals surface area contributed by atoms with Crippen LogP contribution < -0.4 is 5.32 Å². The maximum atomic E-state index is 12.1. The fourth-order valence-corrected chi connectivity index (χ4v) is 2.64. The van der Waals surface area contributed by atoms with E-state index < -0.39 is 0 Å². The Morgan fingerprint density at radius 2 is 2.17 bits per heavy atom. The van der Waals surface area contributed by atoms with E-state index in [-0.39, 0.29) is 11.9 Å². The summed E-state index contributed by atoms with van der Waals surface area (Å²) in [6, 6.07) is 0.103. The second kappa shape index (κ2) is 5.87. The Labute approximate surface area is 116 Å². The van der Waals surface area contributed by atoms with Crippen molar-refractivity contribution in [1.82, 2.24) is 15.1 Å². The molecule has 100 valence electrons. The van der Waals surface area contributed by atoms with Crippen LogP contribution in [0.1, 0.15) is 50.8 Å². The molecule has 18 heavy (non-hydrogen) atoms. The summed E-state index contributed by atoms with van der Waals surface area (Å²) >= 11 is 3.42. The number of amides is 1. The van der Waals surface area contributed by atoms with Crippen molar-refractivity contribution in [2.45, 2.75) is 58.0 Å². The number of nitrogens with zero attached hydrogens (tertiary/aromatic N) is 2. The lowest BCUT2D eigenvalue weighted by molar-refractivity contribution is -0.125. The van der Waals surface area contributed by atoms with E-state index in [0.717, 1.165) is 23.0 Å². The van der Waals surface area contributed by atoms with Crippen LogP contribution in [-0.4, -0.2) is 21.7 Å². The monoisotopic (exact) mass is 313 g/mol. The van der Waals surface area contributed by atoms with Crippen LogP contribution in [-0.2, 0) is 4.79 Å². The zero-order chi connectivity index (χ0) is 13.1. The van der Waals surface area contributed by atoms with Gasteiger partial charge in [-0.3, -0.25) is 9.48 Å². The highest BCUT2D eigenvalue weighted by molar-refractivity contribution is 9.10. The normalized spacial score (nSPS) is 18.6. The first-order chi connectivity index (χ1) is 8.58. The van der Waals surface area contributed by atoms with Gasteiger partial charge in [-0.15, -0.1) is 0 Å². The lowest BCUT2D eigenvalue weighted by Crippen LogP contribution is -2.40. The summed E-state index contributed by atoms with van der Waals surface area (Å²) in [5.41, 5.74) is 0.910. The van der Waals surface area contributed by atoms with Gasteiger partial charge >= 0.3 is 0 Å². The first kappa shape index (κ1) is 13.6. The summed E-state index contributed by atoms with van der Waals surface area (Å²) < 4.78 is 2.66. The van der Waals surface area contributed by atoms with Crippen molar-refractivity contribution < 1.29 is 4.79 Å². The molecule has 4 nitrogen and oxygen atoms in total. The zero-order valence-electron chi connectivity index (χ0n) is 10.9. The number of hydrogen-bond donors (Lipinski definition) is 1. The number of rotatable bonds is 3. The van der Waals surface area contributed by atoms with Crippen LogP contribution in [0.25, 0.3) is 0 Å². The summed E-state index contributed by atoms with van der Waals surface area (Å²) in [7, 11) is 0. The number of carbonyl (C=O) groups is 1. The molecule has 2 rings (SSSR count). The quantitative estimate of drug-likeness (QED) is 0.932. The smallest absolute Gasteiger partial charge is 0.244 e. The van der Waals surface area contributed by atoms with E-state index in [2.05, 4.69) is 26.3 Å². The number of carbonyl (C=O) groups excluding carboxylic acids is 1. The van der Waals surface area contributed by atoms with Crippen molar-refractivity contribution in [1.29, 1.82) is 0 Å². The molecule has 5 heteroatoms. The molecule has 1 aliphatic rings. The van der Waals surface area contributed by atoms with Crippen LogP contribution >= 0.6 is 15.9 Å². The van der Waals surface area contributed by atoms with Gasteiger partial charge in [-0.2, -0.15) is 5.10 Å². The minimum Gasteiger partial charge on any atom is -0.352 e. The van der Waals surface area contributed by atoms with Crippen LogP contribution in [0.5, 0.6) is 0 Å². The molecular formula is C13H20BrN3O. The zero-order valence-corrected chi connectivity index (χ0v) is 12.5. The SMILES string of the molecule is Cc1nn(C(C)C(=O)NC2CCCCC2)cc1Br. The Hall–Kier alpha value is -0.840. The van der Waals surface area contributed by atoms with Gasteiger partial charge < -0.3 is 5.32 Å². The topological polar surface area (TPSA) is 46.9 Å². The van der Waals surface area contributed by atoms with Gasteiger partial charge in [0.05, 0.1) is 10.2 Å². The first-order valence-electron chi connectivity index (χ1n) is 6.59. The van der Waals surface area contributed by atoms with Crippen LogP contribution in [0, 0.1) is 6.92 Å². The molecule has 1 atom stereocenters. The molecule has 1 amide bonds. The minimum atomic E-state index is -0.253. The largest absolute Gasteiger partial charge is 0.352 e. The molecule has 1 aromatic heterocycles. The van der Waals surface area contributed by atoms with Gasteiger partial charge in [0.1, 0.15) is 6.04 Å². The van der Waals surface area contributed by atoms with Crippen molar-refractivity contribution in [3.05, 3.63) is 16.4 Å². The summed E-state index contributed by atoms with van der Waals surface area (Å²) in [6.07, 6.45) is 7.84. The van der Waals surface area contributed by atoms with E-state index in [1.54, 1.807) is 4.68 Å². The molecule has 0 saturated heterocycles. The molecule has 1 aliphatic carbocycles. The second-order valence-electron chi connectivity index (χ2n) is 5.06. The molecule has 1 fully saturated rings. The fourth-order valence-electron chi connectivity index (χ4n) is 2.35. The van der Waals surface area contributed by atoms with Crippen molar-refractivity contribution in [3.8, 4) is 0 Å². The molecule has 0 aromatic carbocycles. The summed E-state index contributed by atoms with van der Waals surface area (Å²) in [5.74, 6) is 0.0666. The van der Waals surface area contributed by atoms with Gasteiger partial charge in [0.25, 0.3) is 0 Å². The third kappa shape index (κ3) is 3.13. The van der Waals surface area contributed by atoms with Crippen LogP contribution in [0.4, 0.5) is 0 Å². The van der Waals surface area contributed by atoms with Crippen molar-refractivity contribution in [2.75, 3.05) is 0 Å². The molecule has 1 N–H and O–H groups in total. The Bertz CT molecular complexity index is 404. The highest BCUT2D eigenvalue weighted by Gasteiger charge is 2.21. The van der Waals surface area contributed by atoms with Gasteiger partial charge in [0.2, 0.25) is 5.91 Å². The lowest BCUT2D eigenvalue weighted by atomic mass is 9.95. The van der Waals surface area contributed by atoms with E-state index in [0.29, 0.717) is 6.04 Å². The van der Waals surface area contributed by atoms with E-state index in [1.807, 2.05) is 20.0 Å². The van der Waals surface area contributed by atoms with Crippen molar-refractivity contribution in [3.63, 3.8) is 0 Å². The van der Waals surface area contributed by atoms with Crippen molar-refractivity contribution >= 4 is 21.8 Å². The molecule has 1 unspecified atom stereocenters. The third-order valence-corrected chi connectivity index (χ3v) is 4.36. The van der Waals surface area contributed by atoms with E-state index >= 15 is 0 Å². The van der Waals surface area contributed by atoms with Gasteiger partial charge in [-0.25, -0.2) is 0 Å². The van der Waals surface area contributed by atoms with Crippen molar-refractivity contribution in [2.24, 2.45) is 0 Å². The number of aromatic nitrogens is 2. The van der Waals surface area contributed by atoms with Crippen LogP contribution in [0.3, 0.4) is 0 Å². The summed E-state index contributed by atoms with van der Waals surface area (Å²) in [5, 5.41) is 7.46. The predicted molar refractivity (Wildman–Crippen MR) is 74.4 cm³/mol. The number of aryl methyl sites for hydroxylation is 1. The van der Waals surface area contributed by atoms with E-state index in [4.69, 9.17) is 0 Å². The van der Waals surface area contributed by atoms with Gasteiger partial charge in [-0.05, 0) is 42.6 Å². The molecule has 0 spiro atoms. The maximum absolute atomic E-state index is 12.1.